The molecular weight excluding hydrogens is 475 g/mol. The van der Waals surface area contributed by atoms with Crippen molar-refractivity contribution in [3.63, 3.8) is 0 Å². The fourth-order valence-electron chi connectivity index (χ4n) is 3.57. The minimum atomic E-state index is -0.657. The van der Waals surface area contributed by atoms with Gasteiger partial charge in [0.1, 0.15) is 6.54 Å². The van der Waals surface area contributed by atoms with Crippen LogP contribution in [0.1, 0.15) is 30.4 Å². The molecule has 0 atom stereocenters. The van der Waals surface area contributed by atoms with Crippen LogP contribution >= 0.6 is 39.1 Å². The molecule has 1 aliphatic carbocycles. The maximum Gasteiger partial charge on any atom is 0.241 e. The van der Waals surface area contributed by atoms with E-state index < -0.39 is 5.41 Å². The lowest BCUT2D eigenvalue weighted by Gasteiger charge is -2.44. The fraction of sp³-hybridized carbons (Fsp3) is 0.364. The van der Waals surface area contributed by atoms with Gasteiger partial charge >= 0.3 is 0 Å². The highest BCUT2D eigenvalue weighted by molar-refractivity contribution is 9.10. The maximum absolute atomic E-state index is 13.7. The van der Waals surface area contributed by atoms with E-state index in [0.717, 1.165) is 34.9 Å². The molecule has 0 aromatic heterocycles. The number of rotatable bonds is 6. The molecule has 3 rings (SSSR count). The molecular formula is C22H23BrCl2N2O2. The van der Waals surface area contributed by atoms with E-state index in [1.54, 1.807) is 31.1 Å². The monoisotopic (exact) mass is 496 g/mol. The van der Waals surface area contributed by atoms with Crippen LogP contribution in [0.25, 0.3) is 0 Å². The number of nitrogens with zero attached hydrogens (tertiary/aromatic N) is 2. The Labute approximate surface area is 189 Å². The average Bonchev–Trinajstić information content (AvgIpc) is 2.64. The molecule has 0 radical (unpaired) electrons. The number of halogens is 3. The van der Waals surface area contributed by atoms with Gasteiger partial charge in [0, 0.05) is 25.1 Å². The molecule has 29 heavy (non-hydrogen) atoms. The first kappa shape index (κ1) is 22.1. The Balaban J connectivity index is 1.93. The van der Waals surface area contributed by atoms with Gasteiger partial charge in [0.2, 0.25) is 11.8 Å². The van der Waals surface area contributed by atoms with Crippen molar-refractivity contribution in [3.8, 4) is 0 Å². The number of hydrogen-bond donors (Lipinski definition) is 0. The van der Waals surface area contributed by atoms with Gasteiger partial charge in [-0.05, 0) is 48.2 Å². The van der Waals surface area contributed by atoms with Crippen LogP contribution in [0.15, 0.2) is 46.9 Å². The molecule has 7 heteroatoms. The lowest BCUT2D eigenvalue weighted by molar-refractivity contribution is -0.146. The number of benzene rings is 2. The summed E-state index contributed by atoms with van der Waals surface area (Å²) in [6, 6.07) is 13.2. The van der Waals surface area contributed by atoms with Crippen LogP contribution in [-0.2, 0) is 21.5 Å². The van der Waals surface area contributed by atoms with Gasteiger partial charge in [0.25, 0.3) is 0 Å². The second-order valence-electron chi connectivity index (χ2n) is 7.64. The molecule has 154 valence electrons. The third-order valence-corrected chi connectivity index (χ3v) is 6.76. The van der Waals surface area contributed by atoms with E-state index in [1.165, 1.54) is 4.90 Å². The minimum Gasteiger partial charge on any atom is -0.347 e. The standard InChI is InChI=1S/C22H23BrCl2N2O2/c1-26(2)20(28)14-27(13-15-4-7-17(23)8-5-15)21(29)22(10-3-11-22)16-6-9-18(24)19(25)12-16/h4-9,12H,3,10-11,13-14H2,1-2H3. The van der Waals surface area contributed by atoms with Gasteiger partial charge in [0.15, 0.2) is 0 Å². The summed E-state index contributed by atoms with van der Waals surface area (Å²) in [5, 5.41) is 0.902. The SMILES string of the molecule is CN(C)C(=O)CN(Cc1ccc(Br)cc1)C(=O)C1(c2ccc(Cl)c(Cl)c2)CCC1. The van der Waals surface area contributed by atoms with Crippen LogP contribution < -0.4 is 0 Å². The highest BCUT2D eigenvalue weighted by Crippen LogP contribution is 2.46. The van der Waals surface area contributed by atoms with Crippen LogP contribution in [0.4, 0.5) is 0 Å². The van der Waals surface area contributed by atoms with Crippen molar-refractivity contribution in [3.05, 3.63) is 68.1 Å². The molecule has 2 aromatic carbocycles. The normalized spacial score (nSPS) is 14.8. The van der Waals surface area contributed by atoms with Crippen molar-refractivity contribution in [2.75, 3.05) is 20.6 Å². The zero-order valence-corrected chi connectivity index (χ0v) is 19.5. The fourth-order valence-corrected chi connectivity index (χ4v) is 4.13. The summed E-state index contributed by atoms with van der Waals surface area (Å²) in [5.41, 5.74) is 1.17. The molecule has 4 nitrogen and oxygen atoms in total. The molecule has 0 bridgehead atoms. The van der Waals surface area contributed by atoms with Gasteiger partial charge in [-0.3, -0.25) is 9.59 Å². The predicted octanol–water partition coefficient (Wildman–Crippen LogP) is 5.29. The lowest BCUT2D eigenvalue weighted by atomic mass is 9.63. The topological polar surface area (TPSA) is 40.6 Å². The van der Waals surface area contributed by atoms with Crippen molar-refractivity contribution in [2.45, 2.75) is 31.2 Å². The first-order valence-corrected chi connectivity index (χ1v) is 11.0. The summed E-state index contributed by atoms with van der Waals surface area (Å²) in [7, 11) is 3.39. The van der Waals surface area contributed by atoms with Gasteiger partial charge in [-0.2, -0.15) is 0 Å². The minimum absolute atomic E-state index is 0.0327. The smallest absolute Gasteiger partial charge is 0.241 e. The summed E-state index contributed by atoms with van der Waals surface area (Å²) in [6.07, 6.45) is 2.42. The largest absolute Gasteiger partial charge is 0.347 e. The maximum atomic E-state index is 13.7. The van der Waals surface area contributed by atoms with E-state index in [9.17, 15) is 9.59 Å². The predicted molar refractivity (Wildman–Crippen MR) is 120 cm³/mol. The molecule has 0 aliphatic heterocycles. The van der Waals surface area contributed by atoms with Gasteiger partial charge < -0.3 is 9.80 Å². The summed E-state index contributed by atoms with van der Waals surface area (Å²) in [6.45, 7) is 0.403. The molecule has 1 saturated carbocycles. The molecule has 0 heterocycles. The Hall–Kier alpha value is -1.56. The first-order chi connectivity index (χ1) is 13.7. The van der Waals surface area contributed by atoms with E-state index in [1.807, 2.05) is 30.3 Å². The van der Waals surface area contributed by atoms with E-state index in [4.69, 9.17) is 23.2 Å². The van der Waals surface area contributed by atoms with Crippen LogP contribution in [0, 0.1) is 0 Å². The summed E-state index contributed by atoms with van der Waals surface area (Å²) >= 11 is 15.7. The number of carbonyl (C=O) groups is 2. The molecule has 0 N–H and O–H groups in total. The van der Waals surface area contributed by atoms with Gasteiger partial charge in [0.05, 0.1) is 15.5 Å². The Morgan fingerprint density at radius 1 is 1.03 bits per heavy atom. The summed E-state index contributed by atoms with van der Waals surface area (Å²) in [4.78, 5) is 29.4. The van der Waals surface area contributed by atoms with Gasteiger partial charge in [-0.1, -0.05) is 63.8 Å². The van der Waals surface area contributed by atoms with Crippen molar-refractivity contribution in [1.29, 1.82) is 0 Å². The molecule has 0 unspecified atom stereocenters. The molecule has 0 spiro atoms. The molecule has 2 aromatic rings. The molecule has 2 amide bonds. The van der Waals surface area contributed by atoms with Crippen LogP contribution in [0.2, 0.25) is 10.0 Å². The quantitative estimate of drug-likeness (QED) is 0.543. The van der Waals surface area contributed by atoms with Crippen molar-refractivity contribution < 1.29 is 9.59 Å². The summed E-state index contributed by atoms with van der Waals surface area (Å²) < 4.78 is 0.967. The summed E-state index contributed by atoms with van der Waals surface area (Å²) in [5.74, 6) is -0.153. The van der Waals surface area contributed by atoms with Gasteiger partial charge in [-0.25, -0.2) is 0 Å². The Kier molecular flexibility index (Phi) is 6.92. The lowest BCUT2D eigenvalue weighted by Crippen LogP contribution is -2.53. The number of carbonyl (C=O) groups excluding carboxylic acids is 2. The number of amides is 2. The van der Waals surface area contributed by atoms with Crippen molar-refractivity contribution >= 4 is 50.9 Å². The van der Waals surface area contributed by atoms with E-state index in [0.29, 0.717) is 16.6 Å². The zero-order valence-electron chi connectivity index (χ0n) is 16.4. The average molecular weight is 498 g/mol. The molecule has 0 saturated heterocycles. The third-order valence-electron chi connectivity index (χ3n) is 5.49. The molecule has 1 aliphatic rings. The number of hydrogen-bond acceptors (Lipinski definition) is 2. The third kappa shape index (κ3) is 4.79. The highest BCUT2D eigenvalue weighted by atomic mass is 79.9. The van der Waals surface area contributed by atoms with Crippen LogP contribution in [0.3, 0.4) is 0 Å². The Morgan fingerprint density at radius 3 is 2.21 bits per heavy atom. The van der Waals surface area contributed by atoms with Crippen molar-refractivity contribution in [1.82, 2.24) is 9.80 Å². The van der Waals surface area contributed by atoms with Crippen LogP contribution in [-0.4, -0.2) is 42.3 Å². The number of likely N-dealkylation sites (N-methyl/N-ethyl adjacent to an activating group) is 1. The Morgan fingerprint density at radius 2 is 1.69 bits per heavy atom. The second-order valence-corrected chi connectivity index (χ2v) is 9.37. The van der Waals surface area contributed by atoms with Gasteiger partial charge in [-0.15, -0.1) is 0 Å². The van der Waals surface area contributed by atoms with Crippen molar-refractivity contribution in [2.24, 2.45) is 0 Å². The highest BCUT2D eigenvalue weighted by Gasteiger charge is 2.48. The zero-order chi connectivity index (χ0) is 21.2. The Bertz CT molecular complexity index is 912. The first-order valence-electron chi connectivity index (χ1n) is 9.42. The van der Waals surface area contributed by atoms with E-state index in [2.05, 4.69) is 15.9 Å². The second kappa shape index (κ2) is 9.07. The van der Waals surface area contributed by atoms with E-state index >= 15 is 0 Å². The molecule has 1 fully saturated rings. The van der Waals surface area contributed by atoms with Crippen LogP contribution in [0.5, 0.6) is 0 Å². The van der Waals surface area contributed by atoms with E-state index in [-0.39, 0.29) is 18.4 Å².